The fraction of sp³-hybridized carbons (Fsp3) is 0.316. The van der Waals surface area contributed by atoms with Crippen molar-refractivity contribution in [2.24, 2.45) is 0 Å². The molecule has 0 unspecified atom stereocenters. The highest BCUT2D eigenvalue weighted by Crippen LogP contribution is 2.33. The third kappa shape index (κ3) is 6.62. The SMILES string of the molecule is C[C@H](NS(=O)(=O)c1ccccc1C(F)(F)F)C(=O)N(C)Cc1ccc(OC(F)F)cc1. The van der Waals surface area contributed by atoms with Gasteiger partial charge in [-0.3, -0.25) is 4.79 Å². The smallest absolute Gasteiger partial charge is 0.417 e. The summed E-state index contributed by atoms with van der Waals surface area (Å²) < 4.78 is 94.8. The van der Waals surface area contributed by atoms with Crippen LogP contribution in [0.15, 0.2) is 53.4 Å². The predicted molar refractivity (Wildman–Crippen MR) is 101 cm³/mol. The van der Waals surface area contributed by atoms with Crippen LogP contribution in [0.2, 0.25) is 0 Å². The number of nitrogens with one attached hydrogen (secondary N) is 1. The standard InChI is InChI=1S/C19H19F5N2O4S/c1-12(25-31(28,29)16-6-4-3-5-15(16)19(22,23)24)17(27)26(2)11-13-7-9-14(10-8-13)30-18(20)21/h3-10,12,18,25H,11H2,1-2H3/t12-/m0/s1. The van der Waals surface area contributed by atoms with Crippen LogP contribution in [0, 0.1) is 0 Å². The van der Waals surface area contributed by atoms with Crippen LogP contribution in [0.25, 0.3) is 0 Å². The molecule has 1 amide bonds. The number of ether oxygens (including phenoxy) is 1. The van der Waals surface area contributed by atoms with Crippen molar-refractivity contribution in [3.63, 3.8) is 0 Å². The Hall–Kier alpha value is -2.73. The minimum atomic E-state index is -4.89. The zero-order valence-corrected chi connectivity index (χ0v) is 17.2. The summed E-state index contributed by atoms with van der Waals surface area (Å²) in [6, 6.07) is 7.71. The Morgan fingerprint density at radius 1 is 1.10 bits per heavy atom. The van der Waals surface area contributed by atoms with Crippen LogP contribution in [0.5, 0.6) is 5.75 Å². The fourth-order valence-corrected chi connectivity index (χ4v) is 4.16. The lowest BCUT2D eigenvalue weighted by atomic mass is 10.2. The lowest BCUT2D eigenvalue weighted by Gasteiger charge is -2.23. The number of benzene rings is 2. The number of hydrogen-bond acceptors (Lipinski definition) is 4. The van der Waals surface area contributed by atoms with Gasteiger partial charge in [0.1, 0.15) is 5.75 Å². The highest BCUT2D eigenvalue weighted by atomic mass is 32.2. The maximum Gasteiger partial charge on any atom is 0.417 e. The maximum atomic E-state index is 13.1. The van der Waals surface area contributed by atoms with E-state index in [9.17, 15) is 35.2 Å². The number of alkyl halides is 5. The number of sulfonamides is 1. The van der Waals surface area contributed by atoms with Crippen LogP contribution in [-0.2, 0) is 27.5 Å². The highest BCUT2D eigenvalue weighted by molar-refractivity contribution is 7.89. The van der Waals surface area contributed by atoms with E-state index in [4.69, 9.17) is 0 Å². The van der Waals surface area contributed by atoms with Crippen molar-refractivity contribution in [3.8, 4) is 5.75 Å². The Morgan fingerprint density at radius 2 is 1.68 bits per heavy atom. The van der Waals surface area contributed by atoms with Crippen LogP contribution in [0.4, 0.5) is 22.0 Å². The number of nitrogens with zero attached hydrogens (tertiary/aromatic N) is 1. The number of likely N-dealkylation sites (N-methyl/N-ethyl adjacent to an activating group) is 1. The summed E-state index contributed by atoms with van der Waals surface area (Å²) in [4.78, 5) is 12.7. The second-order valence-corrected chi connectivity index (χ2v) is 8.24. The van der Waals surface area contributed by atoms with Crippen molar-refractivity contribution >= 4 is 15.9 Å². The minimum absolute atomic E-state index is 0.000994. The van der Waals surface area contributed by atoms with Crippen molar-refractivity contribution in [1.82, 2.24) is 9.62 Å². The summed E-state index contributed by atoms with van der Waals surface area (Å²) in [5, 5.41) is 0. The molecule has 0 fully saturated rings. The molecule has 1 atom stereocenters. The Kier molecular flexibility index (Phi) is 7.60. The molecule has 0 radical (unpaired) electrons. The van der Waals surface area contributed by atoms with Gasteiger partial charge in [-0.15, -0.1) is 0 Å². The molecule has 0 bridgehead atoms. The monoisotopic (exact) mass is 466 g/mol. The molecular formula is C19H19F5N2O4S. The summed E-state index contributed by atoms with van der Waals surface area (Å²) in [5.74, 6) is -0.779. The van der Waals surface area contributed by atoms with Gasteiger partial charge in [0.15, 0.2) is 0 Å². The third-order valence-electron chi connectivity index (χ3n) is 4.13. The van der Waals surface area contributed by atoms with E-state index in [0.717, 1.165) is 23.1 Å². The first-order chi connectivity index (χ1) is 14.3. The molecule has 0 aliphatic carbocycles. The summed E-state index contributed by atoms with van der Waals surface area (Å²) >= 11 is 0. The third-order valence-corrected chi connectivity index (χ3v) is 5.73. The molecule has 2 aromatic carbocycles. The van der Waals surface area contributed by atoms with Gasteiger partial charge in [-0.25, -0.2) is 8.42 Å². The molecule has 0 aliphatic rings. The normalized spacial score (nSPS) is 13.2. The summed E-state index contributed by atoms with van der Waals surface area (Å²) in [6.07, 6.45) is -4.89. The molecule has 0 saturated heterocycles. The Balaban J connectivity index is 2.09. The molecule has 170 valence electrons. The van der Waals surface area contributed by atoms with Crippen LogP contribution in [-0.4, -0.2) is 38.9 Å². The molecule has 0 spiro atoms. The van der Waals surface area contributed by atoms with Crippen LogP contribution >= 0.6 is 0 Å². The molecule has 2 rings (SSSR count). The molecule has 0 aromatic heterocycles. The first-order valence-corrected chi connectivity index (χ1v) is 10.3. The van der Waals surface area contributed by atoms with Crippen LogP contribution < -0.4 is 9.46 Å². The predicted octanol–water partition coefficient (Wildman–Crippen LogP) is 3.63. The first kappa shape index (κ1) is 24.5. The molecule has 12 heteroatoms. The quantitative estimate of drug-likeness (QED) is 0.603. The molecule has 1 N–H and O–H groups in total. The van der Waals surface area contributed by atoms with Crippen molar-refractivity contribution in [2.75, 3.05) is 7.05 Å². The Morgan fingerprint density at radius 3 is 2.23 bits per heavy atom. The number of hydrogen-bond donors (Lipinski definition) is 1. The molecule has 0 saturated carbocycles. The van der Waals surface area contributed by atoms with Gasteiger partial charge in [0.05, 0.1) is 16.5 Å². The molecule has 0 heterocycles. The maximum absolute atomic E-state index is 13.1. The zero-order valence-electron chi connectivity index (χ0n) is 16.4. The number of carbonyl (C=O) groups is 1. The van der Waals surface area contributed by atoms with E-state index in [2.05, 4.69) is 4.74 Å². The van der Waals surface area contributed by atoms with Crippen molar-refractivity contribution < 1.29 is 39.9 Å². The van der Waals surface area contributed by atoms with E-state index >= 15 is 0 Å². The fourth-order valence-electron chi connectivity index (χ4n) is 2.74. The van der Waals surface area contributed by atoms with Crippen molar-refractivity contribution in [3.05, 3.63) is 59.7 Å². The van der Waals surface area contributed by atoms with Gasteiger partial charge >= 0.3 is 12.8 Å². The largest absolute Gasteiger partial charge is 0.435 e. The molecule has 31 heavy (non-hydrogen) atoms. The lowest BCUT2D eigenvalue weighted by Crippen LogP contribution is -2.45. The Labute approximate surface area is 175 Å². The van der Waals surface area contributed by atoms with Gasteiger partial charge in [0.25, 0.3) is 0 Å². The van der Waals surface area contributed by atoms with E-state index < -0.39 is 45.2 Å². The van der Waals surface area contributed by atoms with E-state index in [1.54, 1.807) is 0 Å². The minimum Gasteiger partial charge on any atom is -0.435 e. The average molecular weight is 466 g/mol. The van der Waals surface area contributed by atoms with Gasteiger partial charge < -0.3 is 9.64 Å². The summed E-state index contributed by atoms with van der Waals surface area (Å²) in [5.41, 5.74) is -0.809. The number of rotatable bonds is 8. The van der Waals surface area contributed by atoms with Crippen molar-refractivity contribution in [1.29, 1.82) is 0 Å². The summed E-state index contributed by atoms with van der Waals surface area (Å²) in [7, 11) is -3.29. The van der Waals surface area contributed by atoms with Gasteiger partial charge in [-0.2, -0.15) is 26.7 Å². The van der Waals surface area contributed by atoms with E-state index in [1.165, 1.54) is 38.2 Å². The number of amides is 1. The summed E-state index contributed by atoms with van der Waals surface area (Å²) in [6.45, 7) is -1.78. The van der Waals surface area contributed by atoms with E-state index in [0.29, 0.717) is 11.6 Å². The Bertz CT molecular complexity index is 1010. The molecule has 2 aromatic rings. The number of halogens is 5. The van der Waals surface area contributed by atoms with E-state index in [-0.39, 0.29) is 12.3 Å². The second-order valence-electron chi connectivity index (χ2n) is 6.55. The number of carbonyl (C=O) groups excluding carboxylic acids is 1. The van der Waals surface area contributed by atoms with Gasteiger partial charge in [0.2, 0.25) is 15.9 Å². The highest BCUT2D eigenvalue weighted by Gasteiger charge is 2.37. The molecule has 6 nitrogen and oxygen atoms in total. The average Bonchev–Trinajstić information content (AvgIpc) is 2.67. The molecule has 0 aliphatic heterocycles. The van der Waals surface area contributed by atoms with E-state index in [1.807, 2.05) is 4.72 Å². The molecular weight excluding hydrogens is 447 g/mol. The lowest BCUT2D eigenvalue weighted by molar-refractivity contribution is -0.139. The van der Waals surface area contributed by atoms with Gasteiger partial charge in [-0.1, -0.05) is 24.3 Å². The van der Waals surface area contributed by atoms with Crippen LogP contribution in [0.1, 0.15) is 18.1 Å². The van der Waals surface area contributed by atoms with Gasteiger partial charge in [0, 0.05) is 13.6 Å². The second kappa shape index (κ2) is 9.60. The topological polar surface area (TPSA) is 75.7 Å². The van der Waals surface area contributed by atoms with Crippen molar-refractivity contribution in [2.45, 2.75) is 37.2 Å². The van der Waals surface area contributed by atoms with Gasteiger partial charge in [-0.05, 0) is 36.8 Å². The van der Waals surface area contributed by atoms with Crippen LogP contribution in [0.3, 0.4) is 0 Å². The zero-order chi connectivity index (χ0) is 23.4. The first-order valence-electron chi connectivity index (χ1n) is 8.78.